The van der Waals surface area contributed by atoms with Gasteiger partial charge in [-0.15, -0.1) is 0 Å². The molecule has 0 unspecified atom stereocenters. The van der Waals surface area contributed by atoms with E-state index in [2.05, 4.69) is 15.5 Å². The summed E-state index contributed by atoms with van der Waals surface area (Å²) in [7, 11) is 1.43. The Morgan fingerprint density at radius 1 is 1.21 bits per heavy atom. The topological polar surface area (TPSA) is 76.4 Å². The molecule has 0 amide bonds. The molecule has 0 aliphatic heterocycles. The van der Waals surface area contributed by atoms with Gasteiger partial charge in [-0.05, 0) is 30.3 Å². The third-order valence-electron chi connectivity index (χ3n) is 4.33. The minimum absolute atomic E-state index is 0.0445. The van der Waals surface area contributed by atoms with Gasteiger partial charge in [-0.3, -0.25) is 0 Å². The second kappa shape index (κ2) is 9.90. The summed E-state index contributed by atoms with van der Waals surface area (Å²) in [5.74, 6) is -1.24. The summed E-state index contributed by atoms with van der Waals surface area (Å²) < 4.78 is 61.9. The molecule has 0 aliphatic rings. The maximum Gasteiger partial charge on any atom is 0.434 e. The molecule has 0 saturated heterocycles. The minimum atomic E-state index is -4.96. The Morgan fingerprint density at radius 2 is 1.91 bits per heavy atom. The van der Waals surface area contributed by atoms with Crippen LogP contribution in [0, 0.1) is 5.82 Å². The number of aliphatic imine (C=N–C) groups is 1. The molecule has 3 aromatic rings. The fraction of sp³-hybridized carbons (Fsp3) is 0.0952. The van der Waals surface area contributed by atoms with Crippen molar-refractivity contribution in [2.75, 3.05) is 7.05 Å². The van der Waals surface area contributed by atoms with Crippen molar-refractivity contribution in [2.45, 2.75) is 6.18 Å². The molecule has 172 valence electrons. The quantitative estimate of drug-likeness (QED) is 0.236. The van der Waals surface area contributed by atoms with Crippen molar-refractivity contribution in [3.05, 3.63) is 75.9 Å². The van der Waals surface area contributed by atoms with E-state index in [0.717, 1.165) is 6.07 Å². The first-order valence-electron chi connectivity index (χ1n) is 9.08. The molecule has 0 atom stereocenters. The van der Waals surface area contributed by atoms with Crippen LogP contribution >= 0.6 is 35.4 Å². The van der Waals surface area contributed by atoms with Gasteiger partial charge in [0.25, 0.3) is 0 Å². The number of thiocarbonyl (C=S) groups is 1. The van der Waals surface area contributed by atoms with Crippen molar-refractivity contribution >= 4 is 57.4 Å². The number of benzene rings is 2. The Morgan fingerprint density at radius 3 is 2.48 bits per heavy atom. The first-order valence-corrected chi connectivity index (χ1v) is 10.2. The molecule has 5 nitrogen and oxygen atoms in total. The molecular formula is C21H14Cl2F4N4OS. The lowest BCUT2D eigenvalue weighted by Gasteiger charge is -2.14. The zero-order valence-electron chi connectivity index (χ0n) is 16.7. The lowest BCUT2D eigenvalue weighted by Crippen LogP contribution is -2.26. The standard InChI is InChI=1S/C21H14Cl2F4N4OS/c1-29-20(33)16-17(15-13(23)6-3-7-14(15)24)31-32-18(16)12(9-28)19(21(25,26)27)30-11-5-2-4-10(22)8-11/h2-9H,28H2,1H3,(H,29,33)/b12-9-,30-19?. The predicted octanol–water partition coefficient (Wildman–Crippen LogP) is 6.32. The molecular weight excluding hydrogens is 503 g/mol. The summed E-state index contributed by atoms with van der Waals surface area (Å²) in [5, 5.41) is 6.53. The third-order valence-corrected chi connectivity index (χ3v) is 5.29. The van der Waals surface area contributed by atoms with Gasteiger partial charge >= 0.3 is 6.18 Å². The van der Waals surface area contributed by atoms with Gasteiger partial charge in [-0.25, -0.2) is 9.38 Å². The van der Waals surface area contributed by atoms with Gasteiger partial charge in [0.15, 0.2) is 11.5 Å². The Kier molecular flexibility index (Phi) is 7.41. The van der Waals surface area contributed by atoms with Crippen LogP contribution in [0.1, 0.15) is 11.3 Å². The minimum Gasteiger partial charge on any atom is -0.404 e. The van der Waals surface area contributed by atoms with Gasteiger partial charge in [-0.2, -0.15) is 13.2 Å². The number of nitrogens with zero attached hydrogens (tertiary/aromatic N) is 2. The molecule has 0 bridgehead atoms. The highest BCUT2D eigenvalue weighted by Gasteiger charge is 2.41. The molecule has 0 radical (unpaired) electrons. The van der Waals surface area contributed by atoms with Crippen LogP contribution in [0.15, 0.2) is 58.2 Å². The van der Waals surface area contributed by atoms with Crippen LogP contribution in [0.25, 0.3) is 16.8 Å². The highest BCUT2D eigenvalue weighted by atomic mass is 35.5. The van der Waals surface area contributed by atoms with E-state index < -0.39 is 29.0 Å². The number of nitrogens with one attached hydrogen (secondary N) is 1. The normalized spacial score (nSPS) is 12.7. The molecule has 3 N–H and O–H groups in total. The lowest BCUT2D eigenvalue weighted by atomic mass is 9.99. The van der Waals surface area contributed by atoms with E-state index in [-0.39, 0.29) is 37.5 Å². The maximum atomic E-state index is 14.6. The summed E-state index contributed by atoms with van der Waals surface area (Å²) in [6.07, 6.45) is -4.31. The summed E-state index contributed by atoms with van der Waals surface area (Å²) >= 11 is 17.2. The number of aromatic nitrogens is 1. The number of halogens is 6. The highest BCUT2D eigenvalue weighted by Crippen LogP contribution is 2.38. The smallest absolute Gasteiger partial charge is 0.404 e. The highest BCUT2D eigenvalue weighted by molar-refractivity contribution is 7.80. The van der Waals surface area contributed by atoms with Crippen LogP contribution in [-0.4, -0.2) is 29.1 Å². The fourth-order valence-electron chi connectivity index (χ4n) is 2.92. The number of hydrogen-bond acceptors (Lipinski definition) is 5. The Hall–Kier alpha value is -2.95. The molecule has 3 rings (SSSR count). The van der Waals surface area contributed by atoms with E-state index in [0.29, 0.717) is 6.20 Å². The molecule has 1 heterocycles. The van der Waals surface area contributed by atoms with E-state index in [1.807, 2.05) is 0 Å². The van der Waals surface area contributed by atoms with Crippen molar-refractivity contribution in [1.82, 2.24) is 10.5 Å². The van der Waals surface area contributed by atoms with Crippen LogP contribution < -0.4 is 11.1 Å². The number of alkyl halides is 3. The molecule has 12 heteroatoms. The van der Waals surface area contributed by atoms with Crippen molar-refractivity contribution in [3.8, 4) is 11.3 Å². The Labute approximate surface area is 200 Å². The summed E-state index contributed by atoms with van der Waals surface area (Å²) in [4.78, 5) is 3.61. The van der Waals surface area contributed by atoms with Gasteiger partial charge < -0.3 is 15.6 Å². The molecule has 0 spiro atoms. The fourth-order valence-corrected chi connectivity index (χ4v) is 3.54. The number of hydrogen-bond donors (Lipinski definition) is 2. The van der Waals surface area contributed by atoms with Crippen LogP contribution in [-0.2, 0) is 0 Å². The van der Waals surface area contributed by atoms with Crippen molar-refractivity contribution in [2.24, 2.45) is 10.7 Å². The predicted molar refractivity (Wildman–Crippen MR) is 124 cm³/mol. The first-order chi connectivity index (χ1) is 15.6. The summed E-state index contributed by atoms with van der Waals surface area (Å²) in [6.45, 7) is 0. The molecule has 0 aliphatic carbocycles. The summed E-state index contributed by atoms with van der Waals surface area (Å²) in [5.41, 5.74) is 2.91. The number of rotatable bonds is 5. The van der Waals surface area contributed by atoms with Crippen LogP contribution in [0.5, 0.6) is 0 Å². The van der Waals surface area contributed by atoms with Crippen LogP contribution in [0.4, 0.5) is 23.2 Å². The zero-order chi connectivity index (χ0) is 24.3. The van der Waals surface area contributed by atoms with Gasteiger partial charge in [0.05, 0.1) is 27.4 Å². The van der Waals surface area contributed by atoms with Crippen molar-refractivity contribution in [3.63, 3.8) is 0 Å². The number of nitrogens with two attached hydrogens (primary N) is 1. The van der Waals surface area contributed by atoms with Gasteiger partial charge in [0, 0.05) is 18.3 Å². The van der Waals surface area contributed by atoms with E-state index in [1.54, 1.807) is 0 Å². The monoisotopic (exact) mass is 516 g/mol. The molecule has 2 aromatic carbocycles. The largest absolute Gasteiger partial charge is 0.434 e. The van der Waals surface area contributed by atoms with E-state index in [4.69, 9.17) is 45.7 Å². The van der Waals surface area contributed by atoms with Crippen LogP contribution in [0.2, 0.25) is 10.0 Å². The molecule has 0 saturated carbocycles. The molecule has 1 aromatic heterocycles. The van der Waals surface area contributed by atoms with E-state index in [1.165, 1.54) is 43.4 Å². The Bertz CT molecular complexity index is 1250. The Balaban J connectivity index is 2.29. The van der Waals surface area contributed by atoms with Crippen LogP contribution in [0.3, 0.4) is 0 Å². The lowest BCUT2D eigenvalue weighted by molar-refractivity contribution is -0.0571. The molecule has 0 fully saturated rings. The van der Waals surface area contributed by atoms with Gasteiger partial charge in [-0.1, -0.05) is 52.7 Å². The summed E-state index contributed by atoms with van der Waals surface area (Å²) in [6, 6.07) is 9.36. The van der Waals surface area contributed by atoms with Gasteiger partial charge in [0.1, 0.15) is 16.5 Å². The van der Waals surface area contributed by atoms with E-state index in [9.17, 15) is 17.6 Å². The van der Waals surface area contributed by atoms with Crippen molar-refractivity contribution < 1.29 is 22.1 Å². The molecule has 33 heavy (non-hydrogen) atoms. The second-order valence-corrected chi connectivity index (χ2v) is 7.68. The zero-order valence-corrected chi connectivity index (χ0v) is 19.0. The average molecular weight is 517 g/mol. The van der Waals surface area contributed by atoms with Gasteiger partial charge in [0.2, 0.25) is 0 Å². The average Bonchev–Trinajstić information content (AvgIpc) is 3.16. The van der Waals surface area contributed by atoms with Crippen molar-refractivity contribution in [1.29, 1.82) is 0 Å². The second-order valence-electron chi connectivity index (χ2n) is 6.43. The first kappa shape index (κ1) is 24.7. The maximum absolute atomic E-state index is 14.6. The third kappa shape index (κ3) is 5.18. The SMILES string of the molecule is CNC(=S)c1c(-c2c(F)cccc2Cl)noc1/C(=C/N)C(=Nc1cccc(Cl)c1)C(F)(F)F. The number of allylic oxidation sites excluding steroid dienone is 1. The van der Waals surface area contributed by atoms with E-state index >= 15 is 0 Å².